The Morgan fingerprint density at radius 2 is 2.21 bits per heavy atom. The molecule has 0 amide bonds. The summed E-state index contributed by atoms with van der Waals surface area (Å²) in [6, 6.07) is 4.46. The first-order chi connectivity index (χ1) is 6.69. The Morgan fingerprint density at radius 3 is 2.79 bits per heavy atom. The molecule has 0 aromatic heterocycles. The number of benzene rings is 1. The van der Waals surface area contributed by atoms with Crippen LogP contribution in [0.3, 0.4) is 0 Å². The van der Waals surface area contributed by atoms with Gasteiger partial charge in [-0.1, -0.05) is 11.6 Å². The Bertz CT molecular complexity index is 304. The van der Waals surface area contributed by atoms with Crippen molar-refractivity contribution >= 4 is 23.2 Å². The van der Waals surface area contributed by atoms with Crippen molar-refractivity contribution in [1.82, 2.24) is 5.32 Å². The predicted octanol–water partition coefficient (Wildman–Crippen LogP) is 3.37. The molecule has 1 rings (SSSR count). The van der Waals surface area contributed by atoms with Crippen LogP contribution in [0.1, 0.15) is 18.0 Å². The van der Waals surface area contributed by atoms with Gasteiger partial charge in [0.25, 0.3) is 0 Å². The zero-order valence-corrected chi connectivity index (χ0v) is 9.37. The minimum atomic E-state index is -0.251. The lowest BCUT2D eigenvalue weighted by atomic mass is 10.0. The fraction of sp³-hybridized carbons (Fsp3) is 0.400. The van der Waals surface area contributed by atoms with Gasteiger partial charge in [-0.05, 0) is 31.7 Å². The highest BCUT2D eigenvalue weighted by Gasteiger charge is 2.13. The zero-order valence-electron chi connectivity index (χ0n) is 7.86. The van der Waals surface area contributed by atoms with Gasteiger partial charge in [-0.2, -0.15) is 0 Å². The maximum atomic E-state index is 13.4. The lowest BCUT2D eigenvalue weighted by Gasteiger charge is -2.16. The molecule has 1 atom stereocenters. The maximum Gasteiger partial charge on any atom is 0.128 e. The van der Waals surface area contributed by atoms with E-state index in [0.29, 0.717) is 22.9 Å². The molecule has 78 valence electrons. The second kappa shape index (κ2) is 5.54. The molecule has 1 N–H and O–H groups in total. The molecule has 0 aliphatic heterocycles. The summed E-state index contributed by atoms with van der Waals surface area (Å²) >= 11 is 11.4. The van der Waals surface area contributed by atoms with Crippen LogP contribution in [0.2, 0.25) is 5.02 Å². The van der Waals surface area contributed by atoms with Crippen LogP contribution < -0.4 is 5.32 Å². The summed E-state index contributed by atoms with van der Waals surface area (Å²) in [5.74, 6) is 0.233. The van der Waals surface area contributed by atoms with Crippen molar-refractivity contribution in [2.75, 3.05) is 12.9 Å². The normalized spacial score (nSPS) is 12.9. The van der Waals surface area contributed by atoms with E-state index in [1.807, 2.05) is 0 Å². The van der Waals surface area contributed by atoms with Gasteiger partial charge in [0.15, 0.2) is 0 Å². The Morgan fingerprint density at radius 1 is 1.50 bits per heavy atom. The van der Waals surface area contributed by atoms with E-state index in [2.05, 4.69) is 5.32 Å². The molecule has 4 heteroatoms. The van der Waals surface area contributed by atoms with Gasteiger partial charge in [0.2, 0.25) is 0 Å². The molecule has 0 saturated carbocycles. The van der Waals surface area contributed by atoms with Crippen LogP contribution >= 0.6 is 23.2 Å². The monoisotopic (exact) mass is 235 g/mol. The molecule has 0 radical (unpaired) electrons. The number of halogens is 3. The highest BCUT2D eigenvalue weighted by atomic mass is 35.5. The number of hydrogen-bond donors (Lipinski definition) is 1. The fourth-order valence-electron chi connectivity index (χ4n) is 1.35. The van der Waals surface area contributed by atoms with Crippen molar-refractivity contribution in [3.63, 3.8) is 0 Å². The molecule has 1 aromatic carbocycles. The second-order valence-corrected chi connectivity index (χ2v) is 3.80. The van der Waals surface area contributed by atoms with Gasteiger partial charge in [-0.15, -0.1) is 11.6 Å². The van der Waals surface area contributed by atoms with E-state index < -0.39 is 0 Å². The van der Waals surface area contributed by atoms with E-state index in [-0.39, 0.29) is 11.9 Å². The van der Waals surface area contributed by atoms with Crippen LogP contribution in [0.5, 0.6) is 0 Å². The molecule has 1 unspecified atom stereocenters. The molecular weight excluding hydrogens is 224 g/mol. The Hall–Kier alpha value is -0.310. The van der Waals surface area contributed by atoms with Gasteiger partial charge in [-0.3, -0.25) is 0 Å². The highest BCUT2D eigenvalue weighted by Crippen LogP contribution is 2.23. The van der Waals surface area contributed by atoms with Crippen LogP contribution in [-0.4, -0.2) is 12.9 Å². The van der Waals surface area contributed by atoms with E-state index in [0.717, 1.165) is 0 Å². The van der Waals surface area contributed by atoms with E-state index in [9.17, 15) is 4.39 Å². The molecule has 0 heterocycles. The smallest absolute Gasteiger partial charge is 0.128 e. The second-order valence-electron chi connectivity index (χ2n) is 2.98. The fourth-order valence-corrected chi connectivity index (χ4v) is 1.74. The minimum absolute atomic E-state index is 0.0776. The molecule has 0 saturated heterocycles. The van der Waals surface area contributed by atoms with Gasteiger partial charge in [-0.25, -0.2) is 4.39 Å². The summed E-state index contributed by atoms with van der Waals surface area (Å²) < 4.78 is 13.4. The van der Waals surface area contributed by atoms with Gasteiger partial charge in [0, 0.05) is 22.5 Å². The van der Waals surface area contributed by atoms with Crippen LogP contribution in [0.4, 0.5) is 4.39 Å². The third kappa shape index (κ3) is 2.84. The van der Waals surface area contributed by atoms with Gasteiger partial charge < -0.3 is 5.32 Å². The first-order valence-corrected chi connectivity index (χ1v) is 5.28. The van der Waals surface area contributed by atoms with Gasteiger partial charge in [0.05, 0.1) is 0 Å². The quantitative estimate of drug-likeness (QED) is 0.790. The number of rotatable bonds is 4. The summed E-state index contributed by atoms with van der Waals surface area (Å²) in [6.07, 6.45) is 0.676. The molecule has 0 spiro atoms. The van der Waals surface area contributed by atoms with Crippen molar-refractivity contribution in [2.24, 2.45) is 0 Å². The SMILES string of the molecule is CNC(CCCl)c1cc(Cl)ccc1F. The summed E-state index contributed by atoms with van der Waals surface area (Å²) in [5.41, 5.74) is 0.570. The molecular formula is C10H12Cl2FN. The Balaban J connectivity index is 2.96. The van der Waals surface area contributed by atoms with Crippen molar-refractivity contribution in [2.45, 2.75) is 12.5 Å². The first-order valence-electron chi connectivity index (χ1n) is 4.37. The average Bonchev–Trinajstić information content (AvgIpc) is 2.18. The zero-order chi connectivity index (χ0) is 10.6. The van der Waals surface area contributed by atoms with Crippen LogP contribution in [0.15, 0.2) is 18.2 Å². The van der Waals surface area contributed by atoms with Gasteiger partial charge >= 0.3 is 0 Å². The summed E-state index contributed by atoms with van der Waals surface area (Å²) in [5, 5.41) is 3.54. The molecule has 0 aliphatic carbocycles. The summed E-state index contributed by atoms with van der Waals surface area (Å²) in [7, 11) is 1.78. The number of hydrogen-bond acceptors (Lipinski definition) is 1. The van der Waals surface area contributed by atoms with Crippen molar-refractivity contribution in [3.8, 4) is 0 Å². The molecule has 1 nitrogen and oxygen atoms in total. The lowest BCUT2D eigenvalue weighted by molar-refractivity contribution is 0.527. The predicted molar refractivity (Wildman–Crippen MR) is 58.5 cm³/mol. The standard InChI is InChI=1S/C10H12Cl2FN/c1-14-10(4-5-11)8-6-7(12)2-3-9(8)13/h2-3,6,10,14H,4-5H2,1H3. The van der Waals surface area contributed by atoms with E-state index in [1.165, 1.54) is 12.1 Å². The third-order valence-electron chi connectivity index (χ3n) is 2.08. The molecule has 14 heavy (non-hydrogen) atoms. The van der Waals surface area contributed by atoms with E-state index in [4.69, 9.17) is 23.2 Å². The molecule has 0 aliphatic rings. The third-order valence-corrected chi connectivity index (χ3v) is 2.53. The summed E-state index contributed by atoms with van der Waals surface area (Å²) in [4.78, 5) is 0. The van der Waals surface area contributed by atoms with E-state index >= 15 is 0 Å². The Labute approximate surface area is 93.2 Å². The van der Waals surface area contributed by atoms with E-state index in [1.54, 1.807) is 13.1 Å². The topological polar surface area (TPSA) is 12.0 Å². The summed E-state index contributed by atoms with van der Waals surface area (Å²) in [6.45, 7) is 0. The Kier molecular flexibility index (Phi) is 4.66. The highest BCUT2D eigenvalue weighted by molar-refractivity contribution is 6.30. The van der Waals surface area contributed by atoms with Crippen molar-refractivity contribution in [1.29, 1.82) is 0 Å². The first kappa shape index (κ1) is 11.8. The van der Waals surface area contributed by atoms with Crippen LogP contribution in [0.25, 0.3) is 0 Å². The number of nitrogens with one attached hydrogen (secondary N) is 1. The van der Waals surface area contributed by atoms with Crippen molar-refractivity contribution in [3.05, 3.63) is 34.6 Å². The largest absolute Gasteiger partial charge is 0.313 e. The lowest BCUT2D eigenvalue weighted by Crippen LogP contribution is -2.18. The van der Waals surface area contributed by atoms with Crippen LogP contribution in [-0.2, 0) is 0 Å². The van der Waals surface area contributed by atoms with Gasteiger partial charge in [0.1, 0.15) is 5.82 Å². The minimum Gasteiger partial charge on any atom is -0.313 e. The van der Waals surface area contributed by atoms with Crippen molar-refractivity contribution < 1.29 is 4.39 Å². The maximum absolute atomic E-state index is 13.4. The van der Waals surface area contributed by atoms with Crippen LogP contribution in [0, 0.1) is 5.82 Å². The average molecular weight is 236 g/mol. The molecule has 0 fully saturated rings. The number of alkyl halides is 1. The molecule has 1 aromatic rings. The molecule has 0 bridgehead atoms.